The number of likely N-dealkylation sites (N-methyl/N-ethyl adjacent to an activating group) is 2. The minimum atomic E-state index is -1.03. The van der Waals surface area contributed by atoms with Crippen molar-refractivity contribution in [1.82, 2.24) is 9.80 Å². The van der Waals surface area contributed by atoms with Gasteiger partial charge in [-0.25, -0.2) is 9.59 Å². The van der Waals surface area contributed by atoms with Gasteiger partial charge in [0.1, 0.15) is 52.0 Å². The Morgan fingerprint density at radius 2 is 0.934 bits per heavy atom. The van der Waals surface area contributed by atoms with Gasteiger partial charge in [0.05, 0.1) is 12.3 Å². The van der Waals surface area contributed by atoms with Gasteiger partial charge in [0.2, 0.25) is 75.0 Å². The van der Waals surface area contributed by atoms with E-state index in [1.54, 1.807) is 57.6 Å². The summed E-state index contributed by atoms with van der Waals surface area (Å²) in [6.07, 6.45) is -0.923. The van der Waals surface area contributed by atoms with Crippen LogP contribution in [0.15, 0.2) is 72.8 Å². The zero-order chi connectivity index (χ0) is 56.6. The fourth-order valence-corrected chi connectivity index (χ4v) is 6.03. The number of carbonyl (C=O) groups is 9. The first-order valence-electron chi connectivity index (χ1n) is 22.2. The molecule has 23 nitrogen and oxygen atoms in total. The first-order chi connectivity index (χ1) is 36.2. The molecule has 4 aromatic carbocycles. The standard InChI is InChI=1S/C21H17B3N2O9.C16H21BN2O6.C11H14BNO3/c22-18(28)32-7-12-2-4-17(15(6-12)10-34-20(24)30)26-21(31)35-8-13-1-3-16(25-11-27)14(5-13)9-33-19(23)29;1-18(2)6-7-19(3)16(22)25-14-5-4-12(9-23-11-20)8-13(14)10-24-15(17)21;1-13-10-4-3-8(6-15-2)5-9(10)7-16-11(12)14/h1-6,11H,7-10H2,(H,25,27)(H,26,31);4-5,8,11H,6-7,9-10H2,1-3H3;3-5,13H,6-7H2,1-2H3. The number of hydrogen-bond acceptors (Lipinski definition) is 20. The van der Waals surface area contributed by atoms with Crippen molar-refractivity contribution < 1.29 is 85.8 Å². The molecule has 0 heterocycles. The predicted molar refractivity (Wildman–Crippen MR) is 277 cm³/mol. The molecule has 0 unspecified atom stereocenters. The molecule has 0 aliphatic rings. The lowest BCUT2D eigenvalue weighted by atomic mass is 10.1. The van der Waals surface area contributed by atoms with E-state index in [-0.39, 0.29) is 57.7 Å². The molecule has 0 bridgehead atoms. The summed E-state index contributed by atoms with van der Waals surface area (Å²) in [6.45, 7) is 1.26. The number of nitrogens with zero attached hydrogens (tertiary/aromatic N) is 2. The summed E-state index contributed by atoms with van der Waals surface area (Å²) in [4.78, 5) is 103. The third-order valence-corrected chi connectivity index (χ3v) is 9.61. The lowest BCUT2D eigenvalue weighted by Crippen LogP contribution is -2.35. The minimum Gasteiger partial charge on any atom is -0.470 e. The van der Waals surface area contributed by atoms with Crippen LogP contribution >= 0.6 is 0 Å². The number of ether oxygens (including phenoxy) is 9. The van der Waals surface area contributed by atoms with Crippen molar-refractivity contribution in [3.8, 4) is 5.75 Å². The Balaban J connectivity index is 0.000000420. The van der Waals surface area contributed by atoms with E-state index in [1.165, 1.54) is 23.1 Å². The van der Waals surface area contributed by atoms with Gasteiger partial charge in [0.25, 0.3) is 6.47 Å². The van der Waals surface area contributed by atoms with Gasteiger partial charge < -0.3 is 63.1 Å². The van der Waals surface area contributed by atoms with Gasteiger partial charge in [-0.1, -0.05) is 24.3 Å². The Morgan fingerprint density at radius 1 is 0.513 bits per heavy atom. The number of anilines is 3. The average Bonchev–Trinajstić information content (AvgIpc) is 3.37. The van der Waals surface area contributed by atoms with Crippen LogP contribution in [0.4, 0.5) is 50.6 Å². The second-order valence-electron chi connectivity index (χ2n) is 15.6. The largest absolute Gasteiger partial charge is 0.470 e. The van der Waals surface area contributed by atoms with Crippen LogP contribution in [-0.4, -0.2) is 152 Å². The Hall–Kier alpha value is -8.25. The molecule has 4 aromatic rings. The maximum absolute atomic E-state index is 12.3. The Kier molecular flexibility index (Phi) is 29.4. The third kappa shape index (κ3) is 26.1. The number of amides is 3. The summed E-state index contributed by atoms with van der Waals surface area (Å²) in [7, 11) is 33.7. The number of hydrogen-bond donors (Lipinski definition) is 3. The molecule has 0 saturated heterocycles. The highest BCUT2D eigenvalue weighted by molar-refractivity contribution is 6.56. The van der Waals surface area contributed by atoms with E-state index in [2.05, 4.69) is 20.7 Å². The van der Waals surface area contributed by atoms with E-state index >= 15 is 0 Å². The molecule has 3 amide bonds. The summed E-state index contributed by atoms with van der Waals surface area (Å²) in [5, 5.41) is 7.99. The Bertz CT molecular complexity index is 2610. The predicted octanol–water partition coefficient (Wildman–Crippen LogP) is 5.26. The van der Waals surface area contributed by atoms with Gasteiger partial charge in [-0.3, -0.25) is 38.9 Å². The van der Waals surface area contributed by atoms with Crippen molar-refractivity contribution in [3.05, 3.63) is 117 Å². The van der Waals surface area contributed by atoms with Crippen LogP contribution < -0.4 is 20.7 Å². The SMILES string of the molecule is [B]C(=O)OCc1cc(COC)ccc1NC.[B]C(=O)OCc1cc(COC=O)ccc1OC(=O)N(C)CCN(C)C.[B]C(=O)OCc1ccc(NC(=O)OCc2ccc(NC=O)c(COC([B])=O)c2)c(COC([B])=O)c1. The second-order valence-corrected chi connectivity index (χ2v) is 15.6. The van der Waals surface area contributed by atoms with Crippen molar-refractivity contribution in [2.45, 2.75) is 52.9 Å². The number of nitrogens with one attached hydrogen (secondary N) is 3. The molecule has 28 heteroatoms. The summed E-state index contributed by atoms with van der Waals surface area (Å²) < 4.78 is 44.1. The minimum absolute atomic E-state index is 0.0457. The number of carbonyl (C=O) groups excluding carboxylic acids is 9. The van der Waals surface area contributed by atoms with Crippen LogP contribution in [0.1, 0.15) is 44.5 Å². The van der Waals surface area contributed by atoms with Crippen molar-refractivity contribution in [1.29, 1.82) is 0 Å². The molecule has 4 rings (SSSR count). The monoisotopic (exact) mass is 1040 g/mol. The maximum Gasteiger partial charge on any atom is 0.415 e. The van der Waals surface area contributed by atoms with E-state index in [9.17, 15) is 43.2 Å². The Labute approximate surface area is 445 Å². The molecule has 0 spiro atoms. The van der Waals surface area contributed by atoms with Gasteiger partial charge in [-0.05, 0) is 84.9 Å². The fourth-order valence-electron chi connectivity index (χ4n) is 6.03. The number of methoxy groups -OCH3 is 1. The van der Waals surface area contributed by atoms with Gasteiger partial charge >= 0.3 is 12.2 Å². The molecule has 0 saturated carbocycles. The van der Waals surface area contributed by atoms with E-state index < -0.39 is 41.5 Å². The van der Waals surface area contributed by atoms with Gasteiger partial charge in [-0.15, -0.1) is 0 Å². The highest BCUT2D eigenvalue weighted by Gasteiger charge is 2.17. The summed E-state index contributed by atoms with van der Waals surface area (Å²) >= 11 is 0. The average molecular weight is 1040 g/mol. The summed E-state index contributed by atoms with van der Waals surface area (Å²) in [5.41, 5.74) is 6.32. The van der Waals surface area contributed by atoms with Crippen LogP contribution in [0.5, 0.6) is 5.75 Å². The second kappa shape index (κ2) is 35.0. The smallest absolute Gasteiger partial charge is 0.415 e. The zero-order valence-electron chi connectivity index (χ0n) is 42.3. The number of benzene rings is 4. The van der Waals surface area contributed by atoms with Crippen LogP contribution in [0.3, 0.4) is 0 Å². The van der Waals surface area contributed by atoms with Gasteiger partial charge in [0.15, 0.2) is 0 Å². The third-order valence-electron chi connectivity index (χ3n) is 9.61. The maximum atomic E-state index is 12.3. The molecule has 0 atom stereocenters. The Morgan fingerprint density at radius 3 is 1.42 bits per heavy atom. The highest BCUT2D eigenvalue weighted by Crippen LogP contribution is 2.25. The first kappa shape index (κ1) is 63.9. The van der Waals surface area contributed by atoms with Crippen molar-refractivity contribution in [2.24, 2.45) is 0 Å². The van der Waals surface area contributed by atoms with Crippen LogP contribution in [0, 0.1) is 0 Å². The topological polar surface area (TPSA) is 279 Å². The summed E-state index contributed by atoms with van der Waals surface area (Å²) in [5.74, 6) is -4.48. The van der Waals surface area contributed by atoms with Crippen LogP contribution in [0.25, 0.3) is 0 Å². The van der Waals surface area contributed by atoms with Crippen LogP contribution in [0.2, 0.25) is 0 Å². The molecule has 0 aromatic heterocycles. The zero-order valence-corrected chi connectivity index (χ0v) is 42.3. The lowest BCUT2D eigenvalue weighted by Gasteiger charge is -2.20. The lowest BCUT2D eigenvalue weighted by molar-refractivity contribution is -0.129. The molecular weight excluding hydrogens is 989 g/mol. The molecule has 0 aliphatic carbocycles. The quantitative estimate of drug-likeness (QED) is 0.0434. The molecule has 392 valence electrons. The molecule has 0 fully saturated rings. The van der Waals surface area contributed by atoms with Gasteiger partial charge in [0, 0.05) is 67.9 Å². The van der Waals surface area contributed by atoms with Gasteiger partial charge in [-0.2, -0.15) is 0 Å². The normalized spacial score (nSPS) is 10.0. The fraction of sp³-hybridized carbons (Fsp3) is 0.312. The molecule has 76 heavy (non-hydrogen) atoms. The molecule has 0 aliphatic heterocycles. The van der Waals surface area contributed by atoms with Crippen LogP contribution in [-0.2, 0) is 100 Å². The molecule has 10 radical (unpaired) electrons. The van der Waals surface area contributed by atoms with E-state index in [4.69, 9.17) is 77.1 Å². The molecule has 3 N–H and O–H groups in total. The van der Waals surface area contributed by atoms with E-state index in [0.29, 0.717) is 71.6 Å². The van der Waals surface area contributed by atoms with Crippen molar-refractivity contribution >= 4 is 111 Å². The molecular formula is C48H52B5N5O18. The van der Waals surface area contributed by atoms with Crippen molar-refractivity contribution in [3.63, 3.8) is 0 Å². The van der Waals surface area contributed by atoms with E-state index in [1.807, 2.05) is 37.2 Å². The first-order valence-corrected chi connectivity index (χ1v) is 22.2. The van der Waals surface area contributed by atoms with Crippen molar-refractivity contribution in [2.75, 3.05) is 64.3 Å². The summed E-state index contributed by atoms with van der Waals surface area (Å²) in [6, 6.07) is 19.8. The highest BCUT2D eigenvalue weighted by atomic mass is 16.6. The van der Waals surface area contributed by atoms with E-state index in [0.717, 1.165) is 16.8 Å². The number of rotatable bonds is 25.